The maximum absolute atomic E-state index is 4.61. The first-order valence-corrected chi connectivity index (χ1v) is 7.77. The van der Waals surface area contributed by atoms with Crippen LogP contribution in [0.3, 0.4) is 0 Å². The number of nitrogens with zero attached hydrogens (tertiary/aromatic N) is 3. The zero-order valence-corrected chi connectivity index (χ0v) is 12.2. The molecule has 0 radical (unpaired) electrons. The zero-order valence-electron chi connectivity index (χ0n) is 12.2. The summed E-state index contributed by atoms with van der Waals surface area (Å²) in [5.74, 6) is 1.13. The number of rotatable bonds is 1. The van der Waals surface area contributed by atoms with Crippen LogP contribution >= 0.6 is 0 Å². The van der Waals surface area contributed by atoms with E-state index >= 15 is 0 Å². The summed E-state index contributed by atoms with van der Waals surface area (Å²) in [4.78, 5) is 11.5. The molecular formula is C17H20N4. The molecule has 0 saturated heterocycles. The van der Waals surface area contributed by atoms with Gasteiger partial charge in [0.2, 0.25) is 0 Å². The molecule has 0 unspecified atom stereocenters. The highest BCUT2D eigenvalue weighted by atomic mass is 15.2. The Balaban J connectivity index is 1.71. The maximum atomic E-state index is 4.61. The summed E-state index contributed by atoms with van der Waals surface area (Å²) < 4.78 is 0. The van der Waals surface area contributed by atoms with Crippen molar-refractivity contribution in [3.63, 3.8) is 0 Å². The molecular weight excluding hydrogens is 260 g/mol. The molecule has 2 aliphatic heterocycles. The van der Waals surface area contributed by atoms with Crippen LogP contribution in [0, 0.1) is 0 Å². The molecule has 0 amide bonds. The molecule has 0 atom stereocenters. The number of benzene rings is 1. The van der Waals surface area contributed by atoms with Gasteiger partial charge >= 0.3 is 0 Å². The molecule has 0 aliphatic carbocycles. The highest BCUT2D eigenvalue weighted by molar-refractivity contribution is 5.51. The van der Waals surface area contributed by atoms with Crippen LogP contribution in [-0.4, -0.2) is 23.1 Å². The van der Waals surface area contributed by atoms with Crippen LogP contribution in [0.1, 0.15) is 28.8 Å². The van der Waals surface area contributed by atoms with E-state index in [4.69, 9.17) is 0 Å². The fraction of sp³-hybridized carbons (Fsp3) is 0.412. The second kappa shape index (κ2) is 5.45. The lowest BCUT2D eigenvalue weighted by atomic mass is 10.0. The standard InChI is InChI=1S/C17H20N4/c1-2-5-14-11-21(9-3-6-13(14)4-1)17-15-10-18-8-7-16(15)19-12-20-17/h1-2,4-5,12,18H,3,6-11H2. The predicted octanol–water partition coefficient (Wildman–Crippen LogP) is 2.08. The molecule has 21 heavy (non-hydrogen) atoms. The van der Waals surface area contributed by atoms with Gasteiger partial charge in [0.25, 0.3) is 0 Å². The first-order valence-electron chi connectivity index (χ1n) is 7.77. The molecule has 4 heteroatoms. The third kappa shape index (κ3) is 2.40. The summed E-state index contributed by atoms with van der Waals surface area (Å²) in [6.07, 6.45) is 5.09. The monoisotopic (exact) mass is 280 g/mol. The molecule has 1 aromatic heterocycles. The Kier molecular flexibility index (Phi) is 3.31. The second-order valence-corrected chi connectivity index (χ2v) is 5.84. The summed E-state index contributed by atoms with van der Waals surface area (Å²) in [6.45, 7) is 3.94. The van der Waals surface area contributed by atoms with Gasteiger partial charge < -0.3 is 10.2 Å². The first kappa shape index (κ1) is 12.8. The first-order chi connectivity index (χ1) is 10.4. The lowest BCUT2D eigenvalue weighted by molar-refractivity contribution is 0.618. The van der Waals surface area contributed by atoms with E-state index in [0.29, 0.717) is 0 Å². The molecule has 2 aromatic rings. The average Bonchev–Trinajstić information content (AvgIpc) is 2.76. The van der Waals surface area contributed by atoms with Gasteiger partial charge in [-0.25, -0.2) is 9.97 Å². The third-order valence-corrected chi connectivity index (χ3v) is 4.51. The molecule has 2 aliphatic rings. The smallest absolute Gasteiger partial charge is 0.137 e. The van der Waals surface area contributed by atoms with Crippen LogP contribution in [0.15, 0.2) is 30.6 Å². The van der Waals surface area contributed by atoms with E-state index in [1.54, 1.807) is 6.33 Å². The van der Waals surface area contributed by atoms with Gasteiger partial charge in [-0.15, -0.1) is 0 Å². The van der Waals surface area contributed by atoms with E-state index in [-0.39, 0.29) is 0 Å². The fourth-order valence-electron chi connectivity index (χ4n) is 3.41. The highest BCUT2D eigenvalue weighted by Crippen LogP contribution is 2.27. The van der Waals surface area contributed by atoms with Crippen molar-refractivity contribution in [2.24, 2.45) is 0 Å². The fourth-order valence-corrected chi connectivity index (χ4v) is 3.41. The maximum Gasteiger partial charge on any atom is 0.137 e. The lowest BCUT2D eigenvalue weighted by Gasteiger charge is -2.27. The van der Waals surface area contributed by atoms with E-state index in [1.165, 1.54) is 28.8 Å². The molecule has 4 nitrogen and oxygen atoms in total. The van der Waals surface area contributed by atoms with Gasteiger partial charge in [0.1, 0.15) is 12.1 Å². The molecule has 0 saturated carbocycles. The second-order valence-electron chi connectivity index (χ2n) is 5.84. The zero-order chi connectivity index (χ0) is 14.1. The van der Waals surface area contributed by atoms with Crippen LogP contribution < -0.4 is 10.2 Å². The number of hydrogen-bond donors (Lipinski definition) is 1. The van der Waals surface area contributed by atoms with Gasteiger partial charge in [-0.3, -0.25) is 0 Å². The Bertz CT molecular complexity index is 653. The predicted molar refractivity (Wildman–Crippen MR) is 83.3 cm³/mol. The van der Waals surface area contributed by atoms with E-state index in [9.17, 15) is 0 Å². The SMILES string of the molecule is c1ccc2c(c1)CCCN(c1ncnc3c1CNCC3)C2. The molecule has 0 fully saturated rings. The molecule has 4 rings (SSSR count). The number of hydrogen-bond acceptors (Lipinski definition) is 4. The molecule has 108 valence electrons. The molecule has 1 aromatic carbocycles. The van der Waals surface area contributed by atoms with Crippen LogP contribution in [0.2, 0.25) is 0 Å². The number of nitrogens with one attached hydrogen (secondary N) is 1. The minimum Gasteiger partial charge on any atom is -0.352 e. The van der Waals surface area contributed by atoms with Gasteiger partial charge in [0.05, 0.1) is 5.69 Å². The van der Waals surface area contributed by atoms with Crippen LogP contribution in [0.25, 0.3) is 0 Å². The number of aryl methyl sites for hydroxylation is 1. The van der Waals surface area contributed by atoms with Crippen LogP contribution in [0.5, 0.6) is 0 Å². The summed E-state index contributed by atoms with van der Waals surface area (Å²) >= 11 is 0. The Morgan fingerprint density at radius 3 is 2.90 bits per heavy atom. The Labute approximate surface area is 125 Å². The highest BCUT2D eigenvalue weighted by Gasteiger charge is 2.21. The summed E-state index contributed by atoms with van der Waals surface area (Å²) in [5, 5.41) is 3.45. The van der Waals surface area contributed by atoms with Crippen LogP contribution in [-0.2, 0) is 25.9 Å². The summed E-state index contributed by atoms with van der Waals surface area (Å²) in [5.41, 5.74) is 5.44. The average molecular weight is 280 g/mol. The minimum atomic E-state index is 0.893. The largest absolute Gasteiger partial charge is 0.352 e. The quantitative estimate of drug-likeness (QED) is 0.868. The molecule has 0 spiro atoms. The Morgan fingerprint density at radius 2 is 1.95 bits per heavy atom. The molecule has 3 heterocycles. The molecule has 0 bridgehead atoms. The third-order valence-electron chi connectivity index (χ3n) is 4.51. The number of anilines is 1. The van der Waals surface area contributed by atoms with Crippen molar-refractivity contribution in [2.45, 2.75) is 32.4 Å². The Morgan fingerprint density at radius 1 is 1.05 bits per heavy atom. The minimum absolute atomic E-state index is 0.893. The van der Waals surface area contributed by atoms with Gasteiger partial charge in [-0.2, -0.15) is 0 Å². The van der Waals surface area contributed by atoms with E-state index in [1.807, 2.05) is 0 Å². The van der Waals surface area contributed by atoms with Gasteiger partial charge in [-0.1, -0.05) is 24.3 Å². The lowest BCUT2D eigenvalue weighted by Crippen LogP contribution is -2.30. The van der Waals surface area contributed by atoms with Gasteiger partial charge in [-0.05, 0) is 24.0 Å². The van der Waals surface area contributed by atoms with Crippen molar-refractivity contribution in [3.8, 4) is 0 Å². The number of fused-ring (bicyclic) bond motifs is 2. The summed E-state index contributed by atoms with van der Waals surface area (Å²) in [6, 6.07) is 8.79. The van der Waals surface area contributed by atoms with E-state index < -0.39 is 0 Å². The normalized spacial score (nSPS) is 17.8. The van der Waals surface area contributed by atoms with Crippen molar-refractivity contribution >= 4 is 5.82 Å². The molecule has 1 N–H and O–H groups in total. The summed E-state index contributed by atoms with van der Waals surface area (Å²) in [7, 11) is 0. The van der Waals surface area contributed by atoms with E-state index in [2.05, 4.69) is 44.5 Å². The van der Waals surface area contributed by atoms with Crippen molar-refractivity contribution in [3.05, 3.63) is 53.0 Å². The number of aromatic nitrogens is 2. The van der Waals surface area contributed by atoms with Gasteiger partial charge in [0, 0.05) is 38.2 Å². The van der Waals surface area contributed by atoms with Crippen LogP contribution in [0.4, 0.5) is 5.82 Å². The van der Waals surface area contributed by atoms with Crippen molar-refractivity contribution < 1.29 is 0 Å². The van der Waals surface area contributed by atoms with E-state index in [0.717, 1.165) is 44.8 Å². The van der Waals surface area contributed by atoms with Crippen molar-refractivity contribution in [1.82, 2.24) is 15.3 Å². The Hall–Kier alpha value is -1.94. The van der Waals surface area contributed by atoms with Crippen molar-refractivity contribution in [2.75, 3.05) is 18.0 Å². The van der Waals surface area contributed by atoms with Crippen molar-refractivity contribution in [1.29, 1.82) is 0 Å². The topological polar surface area (TPSA) is 41.1 Å². The van der Waals surface area contributed by atoms with Gasteiger partial charge in [0.15, 0.2) is 0 Å².